The van der Waals surface area contributed by atoms with Crippen molar-refractivity contribution in [1.29, 1.82) is 0 Å². The van der Waals surface area contributed by atoms with Crippen molar-refractivity contribution >= 4 is 101 Å². The van der Waals surface area contributed by atoms with Crippen molar-refractivity contribution < 1.29 is 0 Å². The molecular weight excluding hydrogens is 721 g/mol. The van der Waals surface area contributed by atoms with Crippen LogP contribution in [0.3, 0.4) is 0 Å². The summed E-state index contributed by atoms with van der Waals surface area (Å²) in [6.45, 7) is 0. The van der Waals surface area contributed by atoms with Crippen LogP contribution in [0.5, 0.6) is 0 Å². The molecule has 4 heterocycles. The van der Waals surface area contributed by atoms with Gasteiger partial charge in [0.2, 0.25) is 0 Å². The van der Waals surface area contributed by atoms with E-state index in [4.69, 9.17) is 0 Å². The lowest BCUT2D eigenvalue weighted by atomic mass is 9.93. The summed E-state index contributed by atoms with van der Waals surface area (Å²) in [7, 11) is 0. The average molecular weight is 747 g/mol. The molecule has 0 bridgehead atoms. The lowest BCUT2D eigenvalue weighted by Crippen LogP contribution is -1.95. The molecule has 0 amide bonds. The molecule has 0 nitrogen and oxygen atoms in total. The van der Waals surface area contributed by atoms with Gasteiger partial charge in [-0.05, 0) is 47.5 Å². The van der Waals surface area contributed by atoms with Crippen molar-refractivity contribution in [3.63, 3.8) is 0 Å². The molecule has 0 N–H and O–H groups in total. The van der Waals surface area contributed by atoms with Gasteiger partial charge in [-0.2, -0.15) is 0 Å². The first-order chi connectivity index (χ1) is 24.8. The smallest absolute Gasteiger partial charge is 0.0593 e. The van der Waals surface area contributed by atoms with E-state index in [2.05, 4.69) is 158 Å². The van der Waals surface area contributed by atoms with E-state index in [1.54, 1.807) is 0 Å². The van der Waals surface area contributed by atoms with E-state index in [0.29, 0.717) is 0 Å². The summed E-state index contributed by atoms with van der Waals surface area (Å²) in [5.74, 6) is 0. The van der Waals surface area contributed by atoms with Crippen molar-refractivity contribution in [2.75, 3.05) is 0 Å². The Morgan fingerprint density at radius 3 is 1.02 bits per heavy atom. The minimum Gasteiger partial charge on any atom is -0.134 e. The monoisotopic (exact) mass is 746 g/mol. The molecule has 10 rings (SSSR count). The van der Waals surface area contributed by atoms with Gasteiger partial charge in [0.05, 0.1) is 8.47 Å². The van der Waals surface area contributed by atoms with Gasteiger partial charge in [-0.15, -0.1) is 22.7 Å². The number of thioether (sulfide) groups is 4. The van der Waals surface area contributed by atoms with Crippen LogP contribution >= 0.6 is 69.7 Å². The van der Waals surface area contributed by atoms with Crippen LogP contribution in [0.4, 0.5) is 0 Å². The summed E-state index contributed by atoms with van der Waals surface area (Å²) in [6.07, 6.45) is 0. The first-order valence-corrected chi connectivity index (χ1v) is 21.2. The first kappa shape index (κ1) is 30.9. The number of hydrogen-bond donors (Lipinski definition) is 0. The lowest BCUT2D eigenvalue weighted by molar-refractivity contribution is 1.27. The Morgan fingerprint density at radius 1 is 0.320 bits per heavy atom. The third-order valence-corrected chi connectivity index (χ3v) is 16.4. The predicted molar refractivity (Wildman–Crippen MR) is 225 cm³/mol. The highest BCUT2D eigenvalue weighted by molar-refractivity contribution is 8.25. The molecule has 0 unspecified atom stereocenters. The summed E-state index contributed by atoms with van der Waals surface area (Å²) in [5, 5.41) is 2.61. The molecule has 0 saturated heterocycles. The molecular formula is C44H26S6. The molecule has 238 valence electrons. The van der Waals surface area contributed by atoms with Gasteiger partial charge in [-0.1, -0.05) is 168 Å². The van der Waals surface area contributed by atoms with E-state index in [-0.39, 0.29) is 0 Å². The first-order valence-electron chi connectivity index (χ1n) is 16.3. The Bertz CT molecular complexity index is 2400. The summed E-state index contributed by atoms with van der Waals surface area (Å²) < 4.78 is 5.30. The molecule has 50 heavy (non-hydrogen) atoms. The van der Waals surface area contributed by atoms with Crippen molar-refractivity contribution in [3.05, 3.63) is 176 Å². The third-order valence-electron chi connectivity index (χ3n) is 8.94. The highest BCUT2D eigenvalue weighted by atomic mass is 32.2. The molecule has 0 aliphatic carbocycles. The van der Waals surface area contributed by atoms with Crippen LogP contribution in [-0.2, 0) is 0 Å². The van der Waals surface area contributed by atoms with E-state index >= 15 is 0 Å². The Hall–Kier alpha value is -3.88. The van der Waals surface area contributed by atoms with Gasteiger partial charge in [0.15, 0.2) is 0 Å². The van der Waals surface area contributed by atoms with Crippen LogP contribution in [-0.4, -0.2) is 0 Å². The van der Waals surface area contributed by atoms with Gasteiger partial charge in [0.25, 0.3) is 0 Å². The fourth-order valence-electron chi connectivity index (χ4n) is 6.73. The van der Waals surface area contributed by atoms with Crippen molar-refractivity contribution in [3.8, 4) is 22.3 Å². The fourth-order valence-corrected chi connectivity index (χ4v) is 14.7. The van der Waals surface area contributed by atoms with E-state index in [1.807, 2.05) is 69.7 Å². The summed E-state index contributed by atoms with van der Waals surface area (Å²) in [6, 6.07) is 57.7. The van der Waals surface area contributed by atoms with Crippen molar-refractivity contribution in [1.82, 2.24) is 0 Å². The number of fused-ring (bicyclic) bond motifs is 4. The zero-order valence-electron chi connectivity index (χ0n) is 26.5. The molecule has 0 fully saturated rings. The maximum Gasteiger partial charge on any atom is 0.0593 e. The molecule has 8 aromatic rings. The van der Waals surface area contributed by atoms with E-state index in [1.165, 1.54) is 91.4 Å². The zero-order chi connectivity index (χ0) is 33.0. The van der Waals surface area contributed by atoms with Crippen LogP contribution in [0.1, 0.15) is 9.75 Å². The normalized spacial score (nSPS) is 13.6. The van der Waals surface area contributed by atoms with E-state index < -0.39 is 0 Å². The maximum atomic E-state index is 2.31. The zero-order valence-corrected chi connectivity index (χ0v) is 31.4. The summed E-state index contributed by atoms with van der Waals surface area (Å²) in [5.41, 5.74) is 7.81. The fraction of sp³-hybridized carbons (Fsp3) is 0. The predicted octanol–water partition coefficient (Wildman–Crippen LogP) is 15.3. The van der Waals surface area contributed by atoms with Gasteiger partial charge in [-0.25, -0.2) is 0 Å². The summed E-state index contributed by atoms with van der Waals surface area (Å²) >= 11 is 11.6. The number of thiophene rings is 2. The van der Waals surface area contributed by atoms with Crippen LogP contribution in [0.15, 0.2) is 186 Å². The van der Waals surface area contributed by atoms with E-state index in [9.17, 15) is 0 Å². The molecule has 0 saturated carbocycles. The Morgan fingerprint density at radius 2 is 0.640 bits per heavy atom. The highest BCUT2D eigenvalue weighted by Crippen LogP contribution is 2.64. The molecule has 6 aromatic carbocycles. The topological polar surface area (TPSA) is 0 Å². The summed E-state index contributed by atoms with van der Waals surface area (Å²) in [4.78, 5) is 7.96. The second-order valence-electron chi connectivity index (χ2n) is 12.0. The molecule has 2 aromatic heterocycles. The minimum atomic E-state index is 1.25. The number of benzene rings is 6. The maximum absolute atomic E-state index is 2.31. The molecule has 0 radical (unpaired) electrons. The van der Waals surface area contributed by atoms with Crippen molar-refractivity contribution in [2.45, 2.75) is 19.6 Å². The van der Waals surface area contributed by atoms with Crippen LogP contribution < -0.4 is 0 Å². The second-order valence-corrected chi connectivity index (χ2v) is 18.8. The Kier molecular flexibility index (Phi) is 8.05. The van der Waals surface area contributed by atoms with Gasteiger partial charge in [-0.3, -0.25) is 0 Å². The van der Waals surface area contributed by atoms with Gasteiger partial charge < -0.3 is 0 Å². The SMILES string of the molecule is c1ccc(-c2c(C(=C3Sc4ccccc4S3)C(=C3Sc4ccccc4S3)c3sc4ccccc4c3-c3ccccc3)sc3ccccc23)cc1. The Balaban J connectivity index is 1.35. The van der Waals surface area contributed by atoms with Gasteiger partial charge in [0, 0.05) is 71.8 Å². The number of allylic oxidation sites excluding steroid dienone is 2. The highest BCUT2D eigenvalue weighted by Gasteiger charge is 2.34. The van der Waals surface area contributed by atoms with Gasteiger partial charge >= 0.3 is 0 Å². The Labute approximate surface area is 316 Å². The van der Waals surface area contributed by atoms with Gasteiger partial charge in [0.1, 0.15) is 0 Å². The second kappa shape index (κ2) is 13.0. The molecule has 2 aliphatic heterocycles. The minimum absolute atomic E-state index is 1.25. The molecule has 2 aliphatic rings. The molecule has 0 spiro atoms. The lowest BCUT2D eigenvalue weighted by Gasteiger charge is -2.19. The van der Waals surface area contributed by atoms with Crippen molar-refractivity contribution in [2.24, 2.45) is 0 Å². The standard InChI is InChI=1S/C44H26S6/c1-3-15-27(16-4-1)37-29-19-7-9-21-31(29)45-41(37)39(43-47-33-23-11-12-24-34(33)48-43)40(44-49-35-25-13-14-26-36(35)50-44)42-38(28-17-5-2-6-18-28)30-20-8-10-22-32(30)46-42/h1-26H. The molecule has 0 atom stereocenters. The molecule has 6 heteroatoms. The number of hydrogen-bond acceptors (Lipinski definition) is 6. The largest absolute Gasteiger partial charge is 0.134 e. The van der Waals surface area contributed by atoms with E-state index in [0.717, 1.165) is 0 Å². The quantitative estimate of drug-likeness (QED) is 0.172. The van der Waals surface area contributed by atoms with Crippen LogP contribution in [0.2, 0.25) is 0 Å². The van der Waals surface area contributed by atoms with Crippen LogP contribution in [0.25, 0.3) is 53.6 Å². The van der Waals surface area contributed by atoms with Crippen LogP contribution in [0, 0.1) is 0 Å². The number of rotatable bonds is 5. The average Bonchev–Trinajstić information content (AvgIpc) is 3.96. The third kappa shape index (κ3) is 5.32.